The van der Waals surface area contributed by atoms with Crippen molar-refractivity contribution in [1.29, 1.82) is 0 Å². The number of aryl methyl sites for hydroxylation is 2. The summed E-state index contributed by atoms with van der Waals surface area (Å²) in [6.07, 6.45) is 1.21. The molecule has 16 heavy (non-hydrogen) atoms. The zero-order valence-electron chi connectivity index (χ0n) is 9.98. The minimum atomic E-state index is -3.00. The number of hydrogen-bond donors (Lipinski definition) is 2. The van der Waals surface area contributed by atoms with Crippen LogP contribution in [0.2, 0.25) is 0 Å². The predicted octanol–water partition coefficient (Wildman–Crippen LogP) is 0.156. The molecule has 0 saturated heterocycles. The average molecular weight is 246 g/mol. The van der Waals surface area contributed by atoms with Crippen molar-refractivity contribution in [3.63, 3.8) is 0 Å². The lowest BCUT2D eigenvalue weighted by Crippen LogP contribution is -2.26. The van der Waals surface area contributed by atoms with Gasteiger partial charge in [-0.2, -0.15) is 5.10 Å². The number of nitrogens with zero attached hydrogens (tertiary/aromatic N) is 2. The van der Waals surface area contributed by atoms with Crippen LogP contribution in [-0.2, 0) is 16.9 Å². The van der Waals surface area contributed by atoms with E-state index in [2.05, 4.69) is 10.4 Å². The molecule has 92 valence electrons. The third-order valence-corrected chi connectivity index (χ3v) is 3.31. The molecule has 0 amide bonds. The van der Waals surface area contributed by atoms with Gasteiger partial charge in [0, 0.05) is 19.3 Å². The second-order valence-corrected chi connectivity index (χ2v) is 6.29. The van der Waals surface area contributed by atoms with Crippen LogP contribution in [0.5, 0.6) is 0 Å². The van der Waals surface area contributed by atoms with E-state index in [9.17, 15) is 8.42 Å². The second-order valence-electron chi connectivity index (χ2n) is 4.11. The number of hydrogen-bond acceptors (Lipinski definition) is 5. The molecule has 0 fully saturated rings. The van der Waals surface area contributed by atoms with Gasteiger partial charge in [-0.15, -0.1) is 0 Å². The number of sulfone groups is 1. The standard InChI is InChI=1S/C9H18N4O2S/c1-6(5-16(4,14)15)11-9-8(10)7(2)12-13(9)3/h6,11H,5,10H2,1-4H3. The van der Waals surface area contributed by atoms with Crippen LogP contribution >= 0.6 is 0 Å². The fourth-order valence-corrected chi connectivity index (χ4v) is 2.57. The van der Waals surface area contributed by atoms with Crippen molar-refractivity contribution in [2.45, 2.75) is 19.9 Å². The van der Waals surface area contributed by atoms with Crippen molar-refractivity contribution in [2.24, 2.45) is 7.05 Å². The lowest BCUT2D eigenvalue weighted by molar-refractivity contribution is 0.597. The summed E-state index contributed by atoms with van der Waals surface area (Å²) in [6, 6.07) is -0.202. The predicted molar refractivity (Wildman–Crippen MR) is 65.2 cm³/mol. The van der Waals surface area contributed by atoms with Gasteiger partial charge in [0.25, 0.3) is 0 Å². The van der Waals surface area contributed by atoms with Crippen molar-refractivity contribution in [3.05, 3.63) is 5.69 Å². The van der Waals surface area contributed by atoms with Gasteiger partial charge in [-0.1, -0.05) is 0 Å². The molecule has 6 nitrogen and oxygen atoms in total. The SMILES string of the molecule is Cc1nn(C)c(NC(C)CS(C)(=O)=O)c1N. The molecular formula is C9H18N4O2S. The smallest absolute Gasteiger partial charge is 0.149 e. The van der Waals surface area contributed by atoms with E-state index in [0.717, 1.165) is 5.69 Å². The summed E-state index contributed by atoms with van der Waals surface area (Å²) in [5.74, 6) is 0.727. The van der Waals surface area contributed by atoms with E-state index < -0.39 is 9.84 Å². The van der Waals surface area contributed by atoms with Gasteiger partial charge in [0.05, 0.1) is 17.1 Å². The van der Waals surface area contributed by atoms with Crippen LogP contribution < -0.4 is 11.1 Å². The highest BCUT2D eigenvalue weighted by Crippen LogP contribution is 2.21. The Kier molecular flexibility index (Phi) is 3.47. The molecule has 1 aromatic rings. The molecule has 0 saturated carbocycles. The van der Waals surface area contributed by atoms with Gasteiger partial charge in [0.1, 0.15) is 15.7 Å². The molecule has 0 aromatic carbocycles. The van der Waals surface area contributed by atoms with Crippen LogP contribution in [0.3, 0.4) is 0 Å². The van der Waals surface area contributed by atoms with Gasteiger partial charge in [0.2, 0.25) is 0 Å². The Hall–Kier alpha value is -1.24. The summed E-state index contributed by atoms with van der Waals surface area (Å²) < 4.78 is 23.8. The number of nitrogens with one attached hydrogen (secondary N) is 1. The van der Waals surface area contributed by atoms with Gasteiger partial charge in [-0.3, -0.25) is 4.68 Å². The molecule has 3 N–H and O–H groups in total. The van der Waals surface area contributed by atoms with E-state index in [1.165, 1.54) is 6.26 Å². The Bertz CT molecular complexity index is 478. The Balaban J connectivity index is 2.81. The summed E-state index contributed by atoms with van der Waals surface area (Å²) >= 11 is 0. The van der Waals surface area contributed by atoms with Crippen molar-refractivity contribution in [2.75, 3.05) is 23.1 Å². The molecule has 7 heteroatoms. The summed E-state index contributed by atoms with van der Waals surface area (Å²) in [4.78, 5) is 0. The number of nitrogens with two attached hydrogens (primary N) is 1. The van der Waals surface area contributed by atoms with Crippen LogP contribution in [0.15, 0.2) is 0 Å². The first-order chi connectivity index (χ1) is 7.20. The first-order valence-electron chi connectivity index (χ1n) is 4.94. The molecule has 0 bridgehead atoms. The molecule has 1 heterocycles. The van der Waals surface area contributed by atoms with E-state index >= 15 is 0 Å². The van der Waals surface area contributed by atoms with Crippen LogP contribution in [-0.4, -0.2) is 36.2 Å². The fraction of sp³-hybridized carbons (Fsp3) is 0.667. The molecule has 1 rings (SSSR count). The van der Waals surface area contributed by atoms with Gasteiger partial charge < -0.3 is 11.1 Å². The Morgan fingerprint density at radius 1 is 1.56 bits per heavy atom. The first-order valence-corrected chi connectivity index (χ1v) is 7.00. The minimum absolute atomic E-state index is 0.0661. The molecule has 0 radical (unpaired) electrons. The lowest BCUT2D eigenvalue weighted by Gasteiger charge is -2.14. The third-order valence-electron chi connectivity index (χ3n) is 2.20. The van der Waals surface area contributed by atoms with E-state index in [1.807, 2.05) is 6.92 Å². The number of nitrogen functional groups attached to an aromatic ring is 1. The van der Waals surface area contributed by atoms with Gasteiger partial charge in [-0.05, 0) is 13.8 Å². The number of rotatable bonds is 4. The molecule has 0 aliphatic rings. The molecule has 1 aromatic heterocycles. The highest BCUT2D eigenvalue weighted by atomic mass is 32.2. The van der Waals surface area contributed by atoms with E-state index in [0.29, 0.717) is 11.5 Å². The fourth-order valence-electron chi connectivity index (χ4n) is 1.57. The topological polar surface area (TPSA) is 90.0 Å². The highest BCUT2D eigenvalue weighted by Gasteiger charge is 2.15. The quantitative estimate of drug-likeness (QED) is 0.789. The average Bonchev–Trinajstić information content (AvgIpc) is 2.29. The number of aromatic nitrogens is 2. The Morgan fingerprint density at radius 2 is 2.12 bits per heavy atom. The van der Waals surface area contributed by atoms with E-state index in [-0.39, 0.29) is 11.8 Å². The Morgan fingerprint density at radius 3 is 2.50 bits per heavy atom. The van der Waals surface area contributed by atoms with Gasteiger partial charge >= 0.3 is 0 Å². The number of anilines is 2. The normalized spacial score (nSPS) is 13.8. The zero-order valence-corrected chi connectivity index (χ0v) is 10.8. The summed E-state index contributed by atoms with van der Waals surface area (Å²) in [5.41, 5.74) is 7.11. The second kappa shape index (κ2) is 4.32. The Labute approximate surface area is 95.7 Å². The molecule has 0 aliphatic heterocycles. The molecule has 0 spiro atoms. The summed E-state index contributed by atoms with van der Waals surface area (Å²) in [6.45, 7) is 3.60. The maximum absolute atomic E-state index is 11.1. The summed E-state index contributed by atoms with van der Waals surface area (Å²) in [5, 5.41) is 7.19. The summed E-state index contributed by atoms with van der Waals surface area (Å²) in [7, 11) is -1.23. The maximum atomic E-state index is 11.1. The van der Waals surface area contributed by atoms with Crippen molar-refractivity contribution >= 4 is 21.3 Å². The molecular weight excluding hydrogens is 228 g/mol. The van der Waals surface area contributed by atoms with E-state index in [4.69, 9.17) is 5.73 Å². The maximum Gasteiger partial charge on any atom is 0.149 e. The highest BCUT2D eigenvalue weighted by molar-refractivity contribution is 7.90. The van der Waals surface area contributed by atoms with Crippen molar-refractivity contribution in [1.82, 2.24) is 9.78 Å². The minimum Gasteiger partial charge on any atom is -0.394 e. The van der Waals surface area contributed by atoms with Crippen LogP contribution in [0.1, 0.15) is 12.6 Å². The van der Waals surface area contributed by atoms with Gasteiger partial charge in [0.15, 0.2) is 0 Å². The van der Waals surface area contributed by atoms with Crippen LogP contribution in [0.4, 0.5) is 11.5 Å². The van der Waals surface area contributed by atoms with Crippen molar-refractivity contribution in [3.8, 4) is 0 Å². The largest absolute Gasteiger partial charge is 0.394 e. The zero-order chi connectivity index (χ0) is 12.5. The monoisotopic (exact) mass is 246 g/mol. The van der Waals surface area contributed by atoms with Crippen LogP contribution in [0.25, 0.3) is 0 Å². The molecule has 0 aliphatic carbocycles. The van der Waals surface area contributed by atoms with Gasteiger partial charge in [-0.25, -0.2) is 8.42 Å². The third kappa shape index (κ3) is 3.13. The first kappa shape index (κ1) is 12.8. The van der Waals surface area contributed by atoms with E-state index in [1.54, 1.807) is 18.7 Å². The van der Waals surface area contributed by atoms with Crippen molar-refractivity contribution < 1.29 is 8.42 Å². The molecule has 1 unspecified atom stereocenters. The molecule has 1 atom stereocenters. The lowest BCUT2D eigenvalue weighted by atomic mass is 10.3. The van der Waals surface area contributed by atoms with Crippen LogP contribution in [0, 0.1) is 6.92 Å².